The van der Waals surface area contributed by atoms with Gasteiger partial charge in [-0.25, -0.2) is 0 Å². The maximum absolute atomic E-state index is 13.1. The van der Waals surface area contributed by atoms with Gasteiger partial charge in [-0.3, -0.25) is 19.1 Å². The summed E-state index contributed by atoms with van der Waals surface area (Å²) in [5.74, 6) is -1.01. The molecule has 1 atom stereocenters. The van der Waals surface area contributed by atoms with Gasteiger partial charge in [0.2, 0.25) is 5.91 Å². The summed E-state index contributed by atoms with van der Waals surface area (Å²) >= 11 is 1.65. The van der Waals surface area contributed by atoms with Gasteiger partial charge in [0.25, 0.3) is 11.8 Å². The molecule has 9 heteroatoms. The van der Waals surface area contributed by atoms with Crippen molar-refractivity contribution >= 4 is 29.5 Å². The molecule has 1 aliphatic heterocycles. The molecule has 3 aromatic rings. The van der Waals surface area contributed by atoms with Crippen LogP contribution in [0.2, 0.25) is 0 Å². The minimum atomic E-state index is -1.15. The SMILES string of the molecule is CSc1ccc(CNC(=O)c2cc3n(n2)CC(C)(C(=O)NCc2ccc(C)cc2)N(C)C3=O)cc1. The van der Waals surface area contributed by atoms with E-state index in [2.05, 4.69) is 15.7 Å². The van der Waals surface area contributed by atoms with Gasteiger partial charge in [-0.2, -0.15) is 5.10 Å². The normalized spacial score (nSPS) is 17.1. The Bertz CT molecular complexity index is 1250. The molecule has 0 saturated carbocycles. The van der Waals surface area contributed by atoms with E-state index in [1.54, 1.807) is 25.7 Å². The van der Waals surface area contributed by atoms with Gasteiger partial charge in [-0.1, -0.05) is 42.0 Å². The predicted octanol–water partition coefficient (Wildman–Crippen LogP) is 3.00. The average molecular weight is 492 g/mol. The van der Waals surface area contributed by atoms with Gasteiger partial charge in [-0.05, 0) is 43.4 Å². The van der Waals surface area contributed by atoms with Gasteiger partial charge in [0.15, 0.2) is 5.69 Å². The van der Waals surface area contributed by atoms with Crippen molar-refractivity contribution in [1.29, 1.82) is 0 Å². The Labute approximate surface area is 209 Å². The number of aryl methyl sites for hydroxylation is 1. The van der Waals surface area contributed by atoms with Gasteiger partial charge in [0.05, 0.1) is 6.54 Å². The minimum Gasteiger partial charge on any atom is -0.350 e. The number of hydrogen-bond acceptors (Lipinski definition) is 5. The molecule has 2 heterocycles. The Morgan fingerprint density at radius 3 is 2.26 bits per heavy atom. The van der Waals surface area contributed by atoms with Crippen LogP contribution < -0.4 is 10.6 Å². The minimum absolute atomic E-state index is 0.145. The van der Waals surface area contributed by atoms with Crippen molar-refractivity contribution in [1.82, 2.24) is 25.3 Å². The number of rotatable bonds is 7. The van der Waals surface area contributed by atoms with E-state index in [9.17, 15) is 14.4 Å². The van der Waals surface area contributed by atoms with Gasteiger partial charge in [0, 0.05) is 31.1 Å². The van der Waals surface area contributed by atoms with Crippen LogP contribution in [0.4, 0.5) is 0 Å². The van der Waals surface area contributed by atoms with Crippen LogP contribution in [0.5, 0.6) is 0 Å². The summed E-state index contributed by atoms with van der Waals surface area (Å²) in [7, 11) is 1.60. The van der Waals surface area contributed by atoms with Crippen LogP contribution in [0, 0.1) is 6.92 Å². The molecule has 182 valence electrons. The summed E-state index contributed by atoms with van der Waals surface area (Å²) in [4.78, 5) is 41.5. The summed E-state index contributed by atoms with van der Waals surface area (Å²) in [6, 6.07) is 17.3. The van der Waals surface area contributed by atoms with Crippen LogP contribution >= 0.6 is 11.8 Å². The zero-order valence-electron chi connectivity index (χ0n) is 20.3. The Hall–Kier alpha value is -3.59. The number of amides is 3. The molecule has 2 N–H and O–H groups in total. The van der Waals surface area contributed by atoms with E-state index in [4.69, 9.17) is 0 Å². The topological polar surface area (TPSA) is 96.3 Å². The lowest BCUT2D eigenvalue weighted by atomic mass is 9.95. The van der Waals surface area contributed by atoms with Gasteiger partial charge >= 0.3 is 0 Å². The van der Waals surface area contributed by atoms with Crippen molar-refractivity contribution in [2.45, 2.75) is 43.9 Å². The molecule has 8 nitrogen and oxygen atoms in total. The van der Waals surface area contributed by atoms with Crippen molar-refractivity contribution in [2.24, 2.45) is 0 Å². The Morgan fingerprint density at radius 2 is 1.63 bits per heavy atom. The van der Waals surface area contributed by atoms with Crippen LogP contribution in [0.3, 0.4) is 0 Å². The van der Waals surface area contributed by atoms with Gasteiger partial charge in [0.1, 0.15) is 11.2 Å². The second-order valence-electron chi connectivity index (χ2n) is 8.91. The second-order valence-corrected chi connectivity index (χ2v) is 9.79. The first kappa shape index (κ1) is 24.5. The molecule has 0 radical (unpaired) electrons. The largest absolute Gasteiger partial charge is 0.350 e. The molecule has 0 saturated heterocycles. The third-order valence-corrected chi connectivity index (χ3v) is 7.15. The van der Waals surface area contributed by atoms with Crippen molar-refractivity contribution in [3.8, 4) is 0 Å². The highest BCUT2D eigenvalue weighted by Gasteiger charge is 2.46. The number of likely N-dealkylation sites (N-methyl/N-ethyl adjacent to an activating group) is 1. The van der Waals surface area contributed by atoms with E-state index in [1.165, 1.54) is 15.6 Å². The molecule has 35 heavy (non-hydrogen) atoms. The van der Waals surface area contributed by atoms with Crippen LogP contribution in [-0.2, 0) is 24.4 Å². The first-order valence-corrected chi connectivity index (χ1v) is 12.5. The molecule has 0 spiro atoms. The van der Waals surface area contributed by atoms with Crippen LogP contribution in [-0.4, -0.2) is 51.2 Å². The number of hydrogen-bond donors (Lipinski definition) is 2. The molecule has 1 aromatic heterocycles. The third kappa shape index (κ3) is 5.09. The molecule has 1 aliphatic rings. The Balaban J connectivity index is 1.44. The highest BCUT2D eigenvalue weighted by atomic mass is 32.2. The Morgan fingerprint density at radius 1 is 1.03 bits per heavy atom. The fourth-order valence-electron chi connectivity index (χ4n) is 3.93. The van der Waals surface area contributed by atoms with E-state index in [0.29, 0.717) is 13.1 Å². The zero-order chi connectivity index (χ0) is 25.2. The molecule has 3 amide bonds. The standard InChI is InChI=1S/C26H29N5O3S/c1-17-5-7-18(8-6-17)15-28-25(34)26(2)16-31-22(24(33)30(26)3)13-21(29-31)23(32)27-14-19-9-11-20(35-4)12-10-19/h5-13H,14-16H2,1-4H3,(H,27,32)(H,28,34). The summed E-state index contributed by atoms with van der Waals surface area (Å²) in [6.07, 6.45) is 2.01. The highest BCUT2D eigenvalue weighted by Crippen LogP contribution is 2.26. The monoisotopic (exact) mass is 491 g/mol. The number of fused-ring (bicyclic) bond motifs is 1. The lowest BCUT2D eigenvalue weighted by Gasteiger charge is -2.40. The highest BCUT2D eigenvalue weighted by molar-refractivity contribution is 7.98. The van der Waals surface area contributed by atoms with Crippen LogP contribution in [0.1, 0.15) is 44.6 Å². The van der Waals surface area contributed by atoms with Crippen molar-refractivity contribution in [3.05, 3.63) is 82.7 Å². The molecule has 4 rings (SSSR count). The van der Waals surface area contributed by atoms with E-state index in [1.807, 2.05) is 61.7 Å². The lowest BCUT2D eigenvalue weighted by Crippen LogP contribution is -2.62. The Kier molecular flexibility index (Phi) is 6.98. The molecule has 0 bridgehead atoms. The number of benzene rings is 2. The molecular weight excluding hydrogens is 462 g/mol. The summed E-state index contributed by atoms with van der Waals surface area (Å²) in [5, 5.41) is 10.1. The average Bonchev–Trinajstić information content (AvgIpc) is 3.29. The van der Waals surface area contributed by atoms with Crippen molar-refractivity contribution in [2.75, 3.05) is 13.3 Å². The molecule has 0 aliphatic carbocycles. The van der Waals surface area contributed by atoms with E-state index >= 15 is 0 Å². The first-order chi connectivity index (χ1) is 16.7. The molecule has 1 unspecified atom stereocenters. The summed E-state index contributed by atoms with van der Waals surface area (Å²) in [5.41, 5.74) is 2.36. The predicted molar refractivity (Wildman–Crippen MR) is 135 cm³/mol. The van der Waals surface area contributed by atoms with Gasteiger partial charge in [-0.15, -0.1) is 11.8 Å². The number of nitrogens with one attached hydrogen (secondary N) is 2. The summed E-state index contributed by atoms with van der Waals surface area (Å²) < 4.78 is 1.45. The van der Waals surface area contributed by atoms with E-state index in [0.717, 1.165) is 21.6 Å². The number of aromatic nitrogens is 2. The molecular formula is C26H29N5O3S. The number of carbonyl (C=O) groups excluding carboxylic acids is 3. The first-order valence-electron chi connectivity index (χ1n) is 11.3. The smallest absolute Gasteiger partial charge is 0.272 e. The van der Waals surface area contributed by atoms with Gasteiger partial charge < -0.3 is 15.5 Å². The van der Waals surface area contributed by atoms with Crippen LogP contribution in [0.25, 0.3) is 0 Å². The zero-order valence-corrected chi connectivity index (χ0v) is 21.1. The number of nitrogens with zero attached hydrogens (tertiary/aromatic N) is 3. The third-order valence-electron chi connectivity index (χ3n) is 6.41. The number of carbonyl (C=O) groups is 3. The second kappa shape index (κ2) is 9.95. The quantitative estimate of drug-likeness (QED) is 0.496. The van der Waals surface area contributed by atoms with E-state index in [-0.39, 0.29) is 35.7 Å². The summed E-state index contributed by atoms with van der Waals surface area (Å²) in [6.45, 7) is 4.56. The molecule has 2 aromatic carbocycles. The van der Waals surface area contributed by atoms with Crippen molar-refractivity contribution < 1.29 is 14.4 Å². The fourth-order valence-corrected chi connectivity index (χ4v) is 4.34. The van der Waals surface area contributed by atoms with Crippen LogP contribution in [0.15, 0.2) is 59.5 Å². The lowest BCUT2D eigenvalue weighted by molar-refractivity contribution is -0.132. The maximum Gasteiger partial charge on any atom is 0.272 e. The maximum atomic E-state index is 13.1. The molecule has 0 fully saturated rings. The van der Waals surface area contributed by atoms with Crippen molar-refractivity contribution in [3.63, 3.8) is 0 Å². The van der Waals surface area contributed by atoms with E-state index < -0.39 is 5.54 Å². The fraction of sp³-hybridized carbons (Fsp3) is 0.308. The number of thioether (sulfide) groups is 1.